The second-order valence-corrected chi connectivity index (χ2v) is 5.39. The summed E-state index contributed by atoms with van der Waals surface area (Å²) in [5.74, 6) is 0.744. The van der Waals surface area contributed by atoms with Crippen molar-refractivity contribution in [2.45, 2.75) is 13.5 Å². The average molecular weight is 339 g/mol. The van der Waals surface area contributed by atoms with Crippen LogP contribution in [-0.2, 0) is 6.61 Å². The van der Waals surface area contributed by atoms with Gasteiger partial charge in [-0.25, -0.2) is 4.79 Å². The smallest absolute Gasteiger partial charge is 0.371 e. The number of aromatic carboxylic acids is 1. The van der Waals surface area contributed by atoms with E-state index < -0.39 is 5.97 Å². The van der Waals surface area contributed by atoms with Crippen molar-refractivity contribution >= 4 is 5.97 Å². The molecule has 6 nitrogen and oxygen atoms in total. The summed E-state index contributed by atoms with van der Waals surface area (Å²) in [5.41, 5.74) is 2.50. The molecule has 0 radical (unpaired) electrons. The molecule has 0 bridgehead atoms. The first-order valence-corrected chi connectivity index (χ1v) is 7.62. The van der Waals surface area contributed by atoms with E-state index in [1.165, 1.54) is 6.07 Å². The standard InChI is InChI=1S/C19H17NO5/c1-12-14(9-18(25-12)19(21)22)11-24-15-5-3-13(4-6-15)17-8-7-16(23-2)10-20-17/h3-10H,11H2,1-2H3,(H,21,22). The maximum Gasteiger partial charge on any atom is 0.371 e. The third-order valence-electron chi connectivity index (χ3n) is 3.75. The first-order valence-electron chi connectivity index (χ1n) is 7.62. The minimum atomic E-state index is -1.09. The number of methoxy groups -OCH3 is 1. The van der Waals surface area contributed by atoms with Crippen LogP contribution in [0.1, 0.15) is 21.9 Å². The normalized spacial score (nSPS) is 10.5. The Hall–Kier alpha value is -3.28. The van der Waals surface area contributed by atoms with E-state index in [9.17, 15) is 4.79 Å². The zero-order valence-corrected chi connectivity index (χ0v) is 13.9. The van der Waals surface area contributed by atoms with Gasteiger partial charge in [0.2, 0.25) is 5.76 Å². The van der Waals surface area contributed by atoms with Crippen molar-refractivity contribution in [1.82, 2.24) is 4.98 Å². The van der Waals surface area contributed by atoms with Crippen molar-refractivity contribution in [3.63, 3.8) is 0 Å². The molecule has 0 amide bonds. The molecule has 0 aliphatic carbocycles. The zero-order chi connectivity index (χ0) is 17.8. The molecule has 1 N–H and O–H groups in total. The van der Waals surface area contributed by atoms with E-state index in [2.05, 4.69) is 4.98 Å². The van der Waals surface area contributed by atoms with Gasteiger partial charge in [-0.15, -0.1) is 0 Å². The second-order valence-electron chi connectivity index (χ2n) is 5.39. The van der Waals surface area contributed by atoms with Crippen LogP contribution in [0, 0.1) is 6.92 Å². The van der Waals surface area contributed by atoms with Gasteiger partial charge in [-0.1, -0.05) is 0 Å². The van der Waals surface area contributed by atoms with Crippen molar-refractivity contribution < 1.29 is 23.8 Å². The minimum Gasteiger partial charge on any atom is -0.495 e. The maximum atomic E-state index is 10.9. The third kappa shape index (κ3) is 3.80. The Kier molecular flexibility index (Phi) is 4.70. The van der Waals surface area contributed by atoms with Gasteiger partial charge >= 0.3 is 5.97 Å². The van der Waals surface area contributed by atoms with Crippen LogP contribution in [0.2, 0.25) is 0 Å². The lowest BCUT2D eigenvalue weighted by molar-refractivity contribution is 0.0661. The monoisotopic (exact) mass is 339 g/mol. The summed E-state index contributed by atoms with van der Waals surface area (Å²) in [6.45, 7) is 1.95. The first kappa shape index (κ1) is 16.6. The molecule has 128 valence electrons. The van der Waals surface area contributed by atoms with Crippen molar-refractivity contribution in [1.29, 1.82) is 0 Å². The predicted molar refractivity (Wildman–Crippen MR) is 91.0 cm³/mol. The zero-order valence-electron chi connectivity index (χ0n) is 13.9. The summed E-state index contributed by atoms with van der Waals surface area (Å²) >= 11 is 0. The Bertz CT molecular complexity index is 866. The Labute approximate surface area is 144 Å². The van der Waals surface area contributed by atoms with Gasteiger partial charge in [-0.2, -0.15) is 0 Å². The largest absolute Gasteiger partial charge is 0.495 e. The van der Waals surface area contributed by atoms with E-state index in [1.54, 1.807) is 20.2 Å². The molecule has 3 aromatic rings. The number of aryl methyl sites for hydroxylation is 1. The van der Waals surface area contributed by atoms with Gasteiger partial charge in [0.05, 0.1) is 19.0 Å². The molecule has 2 aromatic heterocycles. The molecule has 0 spiro atoms. The lowest BCUT2D eigenvalue weighted by Gasteiger charge is -2.07. The highest BCUT2D eigenvalue weighted by Crippen LogP contribution is 2.23. The molecule has 0 saturated heterocycles. The highest BCUT2D eigenvalue weighted by atomic mass is 16.5. The number of furan rings is 1. The summed E-state index contributed by atoms with van der Waals surface area (Å²) < 4.78 is 16.0. The summed E-state index contributed by atoms with van der Waals surface area (Å²) in [4.78, 5) is 15.2. The van der Waals surface area contributed by atoms with Crippen LogP contribution < -0.4 is 9.47 Å². The Morgan fingerprint density at radius 1 is 1.16 bits per heavy atom. The predicted octanol–water partition coefficient (Wildman–Crippen LogP) is 3.94. The molecule has 0 fully saturated rings. The first-order chi connectivity index (χ1) is 12.1. The molecule has 0 aliphatic heterocycles. The number of rotatable bonds is 6. The summed E-state index contributed by atoms with van der Waals surface area (Å²) in [6.07, 6.45) is 1.67. The summed E-state index contributed by atoms with van der Waals surface area (Å²) in [5, 5.41) is 8.93. The fourth-order valence-electron chi connectivity index (χ4n) is 2.32. The number of pyridine rings is 1. The molecule has 2 heterocycles. The quantitative estimate of drug-likeness (QED) is 0.732. The number of nitrogens with zero attached hydrogens (tertiary/aromatic N) is 1. The van der Waals surface area contributed by atoms with Gasteiger partial charge in [-0.3, -0.25) is 4.98 Å². The molecular formula is C19H17NO5. The van der Waals surface area contributed by atoms with Gasteiger partial charge in [0, 0.05) is 11.1 Å². The Balaban J connectivity index is 1.67. The number of aromatic nitrogens is 1. The Morgan fingerprint density at radius 2 is 1.88 bits per heavy atom. The van der Waals surface area contributed by atoms with Crippen LogP contribution in [0.25, 0.3) is 11.3 Å². The SMILES string of the molecule is COc1ccc(-c2ccc(OCc3cc(C(=O)O)oc3C)cc2)nc1. The van der Waals surface area contributed by atoms with Crippen LogP contribution in [-0.4, -0.2) is 23.2 Å². The molecule has 0 atom stereocenters. The number of ether oxygens (including phenoxy) is 2. The van der Waals surface area contributed by atoms with Crippen molar-refractivity contribution in [2.75, 3.05) is 7.11 Å². The highest BCUT2D eigenvalue weighted by molar-refractivity contribution is 5.84. The van der Waals surface area contributed by atoms with Crippen LogP contribution in [0.15, 0.2) is 53.1 Å². The third-order valence-corrected chi connectivity index (χ3v) is 3.75. The molecule has 25 heavy (non-hydrogen) atoms. The van der Waals surface area contributed by atoms with Crippen LogP contribution in [0.3, 0.4) is 0 Å². The summed E-state index contributed by atoms with van der Waals surface area (Å²) in [6, 6.07) is 12.7. The number of benzene rings is 1. The van der Waals surface area contributed by atoms with Crippen LogP contribution >= 0.6 is 0 Å². The lowest BCUT2D eigenvalue weighted by Crippen LogP contribution is -1.96. The van der Waals surface area contributed by atoms with E-state index in [4.69, 9.17) is 19.0 Å². The molecule has 6 heteroatoms. The van der Waals surface area contributed by atoms with Crippen molar-refractivity contribution in [2.24, 2.45) is 0 Å². The maximum absolute atomic E-state index is 10.9. The molecule has 0 aliphatic rings. The topological polar surface area (TPSA) is 81.8 Å². The van der Waals surface area contributed by atoms with Crippen LogP contribution in [0.5, 0.6) is 11.5 Å². The molecule has 0 saturated carbocycles. The number of carbonyl (C=O) groups is 1. The van der Waals surface area contributed by atoms with E-state index in [0.29, 0.717) is 22.8 Å². The molecule has 1 aromatic carbocycles. The van der Waals surface area contributed by atoms with Gasteiger partial charge < -0.3 is 19.0 Å². The van der Waals surface area contributed by atoms with Gasteiger partial charge in [-0.05, 0) is 49.4 Å². The van der Waals surface area contributed by atoms with Gasteiger partial charge in [0.25, 0.3) is 0 Å². The van der Waals surface area contributed by atoms with E-state index in [-0.39, 0.29) is 12.4 Å². The highest BCUT2D eigenvalue weighted by Gasteiger charge is 2.13. The van der Waals surface area contributed by atoms with E-state index in [1.807, 2.05) is 36.4 Å². The second kappa shape index (κ2) is 7.09. The van der Waals surface area contributed by atoms with Crippen molar-refractivity contribution in [3.8, 4) is 22.8 Å². The van der Waals surface area contributed by atoms with Gasteiger partial charge in [0.15, 0.2) is 0 Å². The molecule has 0 unspecified atom stereocenters. The summed E-state index contributed by atoms with van der Waals surface area (Å²) in [7, 11) is 1.60. The molecular weight excluding hydrogens is 322 g/mol. The van der Waals surface area contributed by atoms with Crippen molar-refractivity contribution in [3.05, 3.63) is 65.7 Å². The minimum absolute atomic E-state index is 0.0861. The lowest BCUT2D eigenvalue weighted by atomic mass is 10.1. The molecule has 3 rings (SSSR count). The van der Waals surface area contributed by atoms with Crippen LogP contribution in [0.4, 0.5) is 0 Å². The van der Waals surface area contributed by atoms with E-state index in [0.717, 1.165) is 11.3 Å². The average Bonchev–Trinajstić information content (AvgIpc) is 3.02. The van der Waals surface area contributed by atoms with Gasteiger partial charge in [0.1, 0.15) is 23.9 Å². The fraction of sp³-hybridized carbons (Fsp3) is 0.158. The van der Waals surface area contributed by atoms with E-state index >= 15 is 0 Å². The number of carboxylic acids is 1. The number of carboxylic acid groups (broad SMARTS) is 1. The fourth-order valence-corrected chi connectivity index (χ4v) is 2.32. The number of hydrogen-bond donors (Lipinski definition) is 1. The Morgan fingerprint density at radius 3 is 2.44 bits per heavy atom. The number of hydrogen-bond acceptors (Lipinski definition) is 5.